The maximum absolute atomic E-state index is 3.83. The summed E-state index contributed by atoms with van der Waals surface area (Å²) in [4.78, 5) is 0. The van der Waals surface area contributed by atoms with Crippen LogP contribution in [0.15, 0.2) is 12.7 Å². The van der Waals surface area contributed by atoms with E-state index in [2.05, 4.69) is 18.8 Å². The molecule has 2 aliphatic rings. The molecule has 2 aliphatic carbocycles. The SMILES string of the molecule is C=CC(C)NC1CCCC(C2CC2)C1. The third-order valence-electron chi connectivity index (χ3n) is 3.86. The fraction of sp³-hybridized carbons (Fsp3) is 0.846. The van der Waals surface area contributed by atoms with Crippen LogP contribution in [0.2, 0.25) is 0 Å². The van der Waals surface area contributed by atoms with Crippen molar-refractivity contribution in [3.05, 3.63) is 12.7 Å². The zero-order valence-electron chi connectivity index (χ0n) is 9.34. The molecular formula is C13H23N. The standard InChI is InChI=1S/C13H23N/c1-3-10(2)14-13-6-4-5-12(9-13)11-7-8-11/h3,10-14H,1,4-9H2,2H3. The van der Waals surface area contributed by atoms with Crippen molar-refractivity contribution in [2.24, 2.45) is 11.8 Å². The molecule has 0 heterocycles. The molecule has 3 atom stereocenters. The van der Waals surface area contributed by atoms with Gasteiger partial charge in [-0.05, 0) is 44.4 Å². The number of rotatable bonds is 4. The minimum Gasteiger partial charge on any atom is -0.308 e. The molecule has 0 aromatic carbocycles. The molecule has 0 aromatic heterocycles. The van der Waals surface area contributed by atoms with E-state index in [-0.39, 0.29) is 0 Å². The first-order valence-corrected chi connectivity index (χ1v) is 6.18. The van der Waals surface area contributed by atoms with Crippen LogP contribution in [-0.2, 0) is 0 Å². The van der Waals surface area contributed by atoms with E-state index in [0.29, 0.717) is 6.04 Å². The van der Waals surface area contributed by atoms with Gasteiger partial charge in [0, 0.05) is 12.1 Å². The number of hydrogen-bond acceptors (Lipinski definition) is 1. The van der Waals surface area contributed by atoms with Crippen molar-refractivity contribution >= 4 is 0 Å². The van der Waals surface area contributed by atoms with Crippen molar-refractivity contribution in [2.45, 2.75) is 57.5 Å². The molecule has 0 aliphatic heterocycles. The van der Waals surface area contributed by atoms with Crippen LogP contribution in [0, 0.1) is 11.8 Å². The van der Waals surface area contributed by atoms with Crippen molar-refractivity contribution in [1.29, 1.82) is 0 Å². The highest BCUT2D eigenvalue weighted by atomic mass is 14.9. The largest absolute Gasteiger partial charge is 0.308 e. The molecule has 0 amide bonds. The molecule has 2 rings (SSSR count). The topological polar surface area (TPSA) is 12.0 Å². The van der Waals surface area contributed by atoms with E-state index in [1.807, 2.05) is 6.08 Å². The monoisotopic (exact) mass is 193 g/mol. The summed E-state index contributed by atoms with van der Waals surface area (Å²) >= 11 is 0. The lowest BCUT2D eigenvalue weighted by Gasteiger charge is -2.31. The van der Waals surface area contributed by atoms with Gasteiger partial charge < -0.3 is 5.32 Å². The fourth-order valence-electron chi connectivity index (χ4n) is 2.81. The zero-order valence-corrected chi connectivity index (χ0v) is 9.34. The second-order valence-corrected chi connectivity index (χ2v) is 5.15. The fourth-order valence-corrected chi connectivity index (χ4v) is 2.81. The van der Waals surface area contributed by atoms with Crippen LogP contribution in [-0.4, -0.2) is 12.1 Å². The van der Waals surface area contributed by atoms with Gasteiger partial charge in [0.15, 0.2) is 0 Å². The zero-order chi connectivity index (χ0) is 9.97. The van der Waals surface area contributed by atoms with Gasteiger partial charge in [-0.15, -0.1) is 6.58 Å². The van der Waals surface area contributed by atoms with Crippen molar-refractivity contribution in [1.82, 2.24) is 5.32 Å². The number of hydrogen-bond donors (Lipinski definition) is 1. The third-order valence-corrected chi connectivity index (χ3v) is 3.86. The normalized spacial score (nSPS) is 35.2. The Labute approximate surface area is 88.0 Å². The second kappa shape index (κ2) is 4.48. The molecule has 0 saturated heterocycles. The molecule has 2 fully saturated rings. The summed E-state index contributed by atoms with van der Waals surface area (Å²) in [6, 6.07) is 1.25. The summed E-state index contributed by atoms with van der Waals surface area (Å²) in [6.07, 6.45) is 10.8. The maximum Gasteiger partial charge on any atom is 0.0221 e. The minimum atomic E-state index is 0.484. The van der Waals surface area contributed by atoms with Crippen LogP contribution in [0.4, 0.5) is 0 Å². The Bertz CT molecular complexity index is 195. The van der Waals surface area contributed by atoms with E-state index in [1.54, 1.807) is 0 Å². The first-order valence-electron chi connectivity index (χ1n) is 6.18. The Morgan fingerprint density at radius 3 is 2.64 bits per heavy atom. The van der Waals surface area contributed by atoms with E-state index >= 15 is 0 Å². The molecule has 14 heavy (non-hydrogen) atoms. The lowest BCUT2D eigenvalue weighted by molar-refractivity contribution is 0.256. The van der Waals surface area contributed by atoms with Crippen LogP contribution in [0.3, 0.4) is 0 Å². The highest BCUT2D eigenvalue weighted by molar-refractivity contribution is 4.91. The van der Waals surface area contributed by atoms with Crippen LogP contribution >= 0.6 is 0 Å². The van der Waals surface area contributed by atoms with Crippen molar-refractivity contribution in [3.63, 3.8) is 0 Å². The number of nitrogens with one attached hydrogen (secondary N) is 1. The maximum atomic E-state index is 3.83. The van der Waals surface area contributed by atoms with Crippen LogP contribution in [0.1, 0.15) is 45.4 Å². The third kappa shape index (κ3) is 2.60. The highest BCUT2D eigenvalue weighted by Gasteiger charge is 2.34. The highest BCUT2D eigenvalue weighted by Crippen LogP contribution is 2.43. The Balaban J connectivity index is 1.78. The molecule has 1 N–H and O–H groups in total. The van der Waals surface area contributed by atoms with Crippen LogP contribution in [0.25, 0.3) is 0 Å². The van der Waals surface area contributed by atoms with Crippen molar-refractivity contribution < 1.29 is 0 Å². The van der Waals surface area contributed by atoms with E-state index in [4.69, 9.17) is 0 Å². The quantitative estimate of drug-likeness (QED) is 0.676. The summed E-state index contributed by atoms with van der Waals surface area (Å²) in [5.74, 6) is 2.14. The van der Waals surface area contributed by atoms with Crippen LogP contribution < -0.4 is 5.32 Å². The molecule has 3 unspecified atom stereocenters. The van der Waals surface area contributed by atoms with Gasteiger partial charge in [-0.3, -0.25) is 0 Å². The molecule has 0 bridgehead atoms. The Morgan fingerprint density at radius 2 is 2.00 bits per heavy atom. The smallest absolute Gasteiger partial charge is 0.0221 e. The van der Waals surface area contributed by atoms with E-state index in [0.717, 1.165) is 17.9 Å². The van der Waals surface area contributed by atoms with Gasteiger partial charge in [0.05, 0.1) is 0 Å². The van der Waals surface area contributed by atoms with E-state index in [9.17, 15) is 0 Å². The van der Waals surface area contributed by atoms with Gasteiger partial charge in [0.1, 0.15) is 0 Å². The van der Waals surface area contributed by atoms with Crippen molar-refractivity contribution in [2.75, 3.05) is 0 Å². The molecule has 1 heteroatoms. The van der Waals surface area contributed by atoms with E-state index in [1.165, 1.54) is 38.5 Å². The summed E-state index contributed by atoms with van der Waals surface area (Å²) in [6.45, 7) is 6.03. The summed E-state index contributed by atoms with van der Waals surface area (Å²) < 4.78 is 0. The summed E-state index contributed by atoms with van der Waals surface area (Å²) in [7, 11) is 0. The summed E-state index contributed by atoms with van der Waals surface area (Å²) in [5.41, 5.74) is 0. The van der Waals surface area contributed by atoms with Crippen LogP contribution in [0.5, 0.6) is 0 Å². The predicted molar refractivity (Wildman–Crippen MR) is 61.3 cm³/mol. The van der Waals surface area contributed by atoms with Crippen molar-refractivity contribution in [3.8, 4) is 0 Å². The summed E-state index contributed by atoms with van der Waals surface area (Å²) in [5, 5.41) is 3.66. The Hall–Kier alpha value is -0.300. The van der Waals surface area contributed by atoms with Gasteiger partial charge in [-0.25, -0.2) is 0 Å². The minimum absolute atomic E-state index is 0.484. The van der Waals surface area contributed by atoms with Gasteiger partial charge in [0.25, 0.3) is 0 Å². The molecule has 2 saturated carbocycles. The predicted octanol–water partition coefficient (Wildman–Crippen LogP) is 3.12. The first-order chi connectivity index (χ1) is 6.79. The molecule has 80 valence electrons. The van der Waals surface area contributed by atoms with Gasteiger partial charge >= 0.3 is 0 Å². The first kappa shape index (κ1) is 10.2. The lowest BCUT2D eigenvalue weighted by atomic mass is 9.82. The lowest BCUT2D eigenvalue weighted by Crippen LogP contribution is -2.39. The van der Waals surface area contributed by atoms with Gasteiger partial charge in [-0.2, -0.15) is 0 Å². The Kier molecular flexibility index (Phi) is 3.27. The Morgan fingerprint density at radius 1 is 1.21 bits per heavy atom. The van der Waals surface area contributed by atoms with Gasteiger partial charge in [-0.1, -0.05) is 18.9 Å². The average Bonchev–Trinajstić information content (AvgIpc) is 3.01. The molecule has 1 nitrogen and oxygen atoms in total. The molecular weight excluding hydrogens is 170 g/mol. The molecule has 0 radical (unpaired) electrons. The second-order valence-electron chi connectivity index (χ2n) is 5.15. The van der Waals surface area contributed by atoms with Gasteiger partial charge in [0.2, 0.25) is 0 Å². The average molecular weight is 193 g/mol. The molecule has 0 spiro atoms. The van der Waals surface area contributed by atoms with E-state index < -0.39 is 0 Å². The molecule has 0 aromatic rings.